The fourth-order valence-electron chi connectivity index (χ4n) is 2.89. The molecule has 25 heavy (non-hydrogen) atoms. The van der Waals surface area contributed by atoms with Crippen LogP contribution in [0.25, 0.3) is 0 Å². The van der Waals surface area contributed by atoms with Gasteiger partial charge in [0.25, 0.3) is 0 Å². The molecule has 1 aliphatic heterocycles. The molecule has 1 aliphatic rings. The second kappa shape index (κ2) is 7.85. The van der Waals surface area contributed by atoms with Gasteiger partial charge in [-0.15, -0.1) is 0 Å². The van der Waals surface area contributed by atoms with Gasteiger partial charge >= 0.3 is 0 Å². The summed E-state index contributed by atoms with van der Waals surface area (Å²) in [5.41, 5.74) is 0.519. The molecular weight excluding hydrogens is 358 g/mol. The van der Waals surface area contributed by atoms with Crippen molar-refractivity contribution in [2.24, 2.45) is 0 Å². The van der Waals surface area contributed by atoms with E-state index in [1.807, 2.05) is 13.3 Å². The Balaban J connectivity index is 1.70. The number of thioether (sulfide) groups is 1. The van der Waals surface area contributed by atoms with Crippen molar-refractivity contribution < 1.29 is 0 Å². The molecule has 0 aromatic carbocycles. The van der Waals surface area contributed by atoms with Crippen molar-refractivity contribution >= 4 is 35.1 Å². The van der Waals surface area contributed by atoms with Crippen molar-refractivity contribution in [2.75, 3.05) is 36.2 Å². The van der Waals surface area contributed by atoms with Crippen LogP contribution < -0.4 is 9.80 Å². The molecule has 9 heteroatoms. The molecule has 3 heterocycles. The molecule has 130 valence electrons. The van der Waals surface area contributed by atoms with Crippen LogP contribution in [0, 0.1) is 11.3 Å². The van der Waals surface area contributed by atoms with Gasteiger partial charge in [-0.3, -0.25) is 0 Å². The Morgan fingerprint density at radius 3 is 2.52 bits per heavy atom. The van der Waals surface area contributed by atoms with Crippen LogP contribution in [0.2, 0.25) is 5.02 Å². The Labute approximate surface area is 156 Å². The van der Waals surface area contributed by atoms with E-state index in [9.17, 15) is 5.26 Å². The van der Waals surface area contributed by atoms with Gasteiger partial charge in [0.05, 0.1) is 23.6 Å². The molecule has 0 atom stereocenters. The van der Waals surface area contributed by atoms with Gasteiger partial charge < -0.3 is 9.80 Å². The summed E-state index contributed by atoms with van der Waals surface area (Å²) in [5.74, 6) is 1.40. The van der Waals surface area contributed by atoms with Gasteiger partial charge in [-0.05, 0) is 19.1 Å². The lowest BCUT2D eigenvalue weighted by atomic mass is 10.0. The number of piperidine rings is 1. The minimum absolute atomic E-state index is 0.338. The van der Waals surface area contributed by atoms with E-state index in [0.717, 1.165) is 31.7 Å². The van der Waals surface area contributed by atoms with E-state index in [2.05, 4.69) is 35.8 Å². The summed E-state index contributed by atoms with van der Waals surface area (Å²) in [4.78, 5) is 21.5. The van der Waals surface area contributed by atoms with Crippen LogP contribution in [0.1, 0.15) is 18.4 Å². The summed E-state index contributed by atoms with van der Waals surface area (Å²) >= 11 is 7.33. The quantitative estimate of drug-likeness (QED) is 0.595. The second-order valence-electron chi connectivity index (χ2n) is 5.74. The molecule has 0 radical (unpaired) electrons. The number of nitrogens with zero attached hydrogens (tertiary/aromatic N) is 7. The Bertz CT molecular complexity index is 769. The summed E-state index contributed by atoms with van der Waals surface area (Å²) in [6.45, 7) is 1.64. The lowest BCUT2D eigenvalue weighted by Gasteiger charge is -2.37. The first-order valence-electron chi connectivity index (χ1n) is 7.89. The molecule has 0 N–H and O–H groups in total. The van der Waals surface area contributed by atoms with Gasteiger partial charge in [0.1, 0.15) is 11.6 Å². The highest BCUT2D eigenvalue weighted by atomic mass is 35.5. The van der Waals surface area contributed by atoms with Crippen molar-refractivity contribution in [3.63, 3.8) is 0 Å². The fourth-order valence-corrected chi connectivity index (χ4v) is 3.32. The van der Waals surface area contributed by atoms with Crippen molar-refractivity contribution in [3.05, 3.63) is 29.2 Å². The molecule has 7 nitrogen and oxygen atoms in total. The molecule has 0 spiro atoms. The Morgan fingerprint density at radius 2 is 1.92 bits per heavy atom. The number of halogens is 1. The van der Waals surface area contributed by atoms with Crippen LogP contribution >= 0.6 is 23.4 Å². The van der Waals surface area contributed by atoms with Crippen LogP contribution in [0.5, 0.6) is 0 Å². The zero-order chi connectivity index (χ0) is 17.8. The third kappa shape index (κ3) is 3.94. The Morgan fingerprint density at radius 1 is 1.24 bits per heavy atom. The van der Waals surface area contributed by atoms with Gasteiger partial charge in [0.2, 0.25) is 5.95 Å². The first-order valence-corrected chi connectivity index (χ1v) is 9.49. The van der Waals surface area contributed by atoms with Gasteiger partial charge in [-0.25, -0.2) is 19.9 Å². The summed E-state index contributed by atoms with van der Waals surface area (Å²) in [5, 5.41) is 10.5. The molecule has 2 aromatic heterocycles. The van der Waals surface area contributed by atoms with E-state index in [1.165, 1.54) is 11.8 Å². The van der Waals surface area contributed by atoms with Crippen LogP contribution in [0.15, 0.2) is 23.7 Å². The van der Waals surface area contributed by atoms with E-state index < -0.39 is 0 Å². The number of hydrogen-bond donors (Lipinski definition) is 0. The number of nitriles is 1. The molecular formula is C16H18ClN7S. The lowest BCUT2D eigenvalue weighted by Crippen LogP contribution is -2.44. The van der Waals surface area contributed by atoms with Gasteiger partial charge in [0.15, 0.2) is 11.0 Å². The SMILES string of the molecule is CSc1ncc(C#N)c(N2CCC(N(C)c3ncc(Cl)cn3)CC2)n1. The van der Waals surface area contributed by atoms with Crippen molar-refractivity contribution in [2.45, 2.75) is 24.0 Å². The van der Waals surface area contributed by atoms with Crippen molar-refractivity contribution in [3.8, 4) is 6.07 Å². The predicted molar refractivity (Wildman–Crippen MR) is 99.2 cm³/mol. The monoisotopic (exact) mass is 375 g/mol. The topological polar surface area (TPSA) is 81.8 Å². The average Bonchev–Trinajstić information content (AvgIpc) is 2.67. The van der Waals surface area contributed by atoms with E-state index in [1.54, 1.807) is 18.6 Å². The minimum Gasteiger partial charge on any atom is -0.355 e. The van der Waals surface area contributed by atoms with Crippen molar-refractivity contribution in [1.82, 2.24) is 19.9 Å². The molecule has 0 saturated carbocycles. The first kappa shape index (κ1) is 17.7. The van der Waals surface area contributed by atoms with E-state index in [4.69, 9.17) is 11.6 Å². The highest BCUT2D eigenvalue weighted by molar-refractivity contribution is 7.98. The average molecular weight is 376 g/mol. The van der Waals surface area contributed by atoms with E-state index >= 15 is 0 Å². The third-order valence-electron chi connectivity index (χ3n) is 4.28. The highest BCUT2D eigenvalue weighted by Gasteiger charge is 2.26. The summed E-state index contributed by atoms with van der Waals surface area (Å²) in [6, 6.07) is 2.53. The summed E-state index contributed by atoms with van der Waals surface area (Å²) < 4.78 is 0. The predicted octanol–water partition coefficient (Wildman–Crippen LogP) is 2.62. The maximum atomic E-state index is 9.32. The Kier molecular flexibility index (Phi) is 5.56. The molecule has 2 aromatic rings. The van der Waals surface area contributed by atoms with Crippen LogP contribution in [0.4, 0.5) is 11.8 Å². The van der Waals surface area contributed by atoms with Gasteiger partial charge in [-0.2, -0.15) is 5.26 Å². The maximum absolute atomic E-state index is 9.32. The fraction of sp³-hybridized carbons (Fsp3) is 0.438. The van der Waals surface area contributed by atoms with Crippen LogP contribution in [0.3, 0.4) is 0 Å². The van der Waals surface area contributed by atoms with E-state index in [-0.39, 0.29) is 0 Å². The third-order valence-corrected chi connectivity index (χ3v) is 5.04. The maximum Gasteiger partial charge on any atom is 0.225 e. The second-order valence-corrected chi connectivity index (χ2v) is 6.95. The number of anilines is 2. The zero-order valence-electron chi connectivity index (χ0n) is 14.1. The van der Waals surface area contributed by atoms with Gasteiger partial charge in [0, 0.05) is 26.2 Å². The number of rotatable bonds is 4. The van der Waals surface area contributed by atoms with Crippen LogP contribution in [-0.4, -0.2) is 52.4 Å². The Hall–Kier alpha value is -2.11. The van der Waals surface area contributed by atoms with Gasteiger partial charge in [-0.1, -0.05) is 23.4 Å². The first-order chi connectivity index (χ1) is 12.1. The van der Waals surface area contributed by atoms with Crippen molar-refractivity contribution in [1.29, 1.82) is 5.26 Å². The van der Waals surface area contributed by atoms with E-state index in [0.29, 0.717) is 27.7 Å². The summed E-state index contributed by atoms with van der Waals surface area (Å²) in [6.07, 6.45) is 8.63. The smallest absolute Gasteiger partial charge is 0.225 e. The molecule has 0 unspecified atom stereocenters. The number of aromatic nitrogens is 4. The van der Waals surface area contributed by atoms with Crippen LogP contribution in [-0.2, 0) is 0 Å². The minimum atomic E-state index is 0.338. The molecule has 3 rings (SSSR count). The number of hydrogen-bond acceptors (Lipinski definition) is 8. The summed E-state index contributed by atoms with van der Waals surface area (Å²) in [7, 11) is 2.00. The molecule has 1 saturated heterocycles. The molecule has 0 bridgehead atoms. The molecule has 0 amide bonds. The standard InChI is InChI=1S/C16H18ClN7S/c1-23(15-19-9-12(17)10-20-15)13-3-5-24(6-4-13)14-11(7-18)8-21-16(22-14)25-2/h8-10,13H,3-6H2,1-2H3. The molecule has 0 aliphatic carbocycles. The highest BCUT2D eigenvalue weighted by Crippen LogP contribution is 2.26. The zero-order valence-corrected chi connectivity index (χ0v) is 15.6. The normalized spacial score (nSPS) is 15.0. The molecule has 1 fully saturated rings. The largest absolute Gasteiger partial charge is 0.355 e. The lowest BCUT2D eigenvalue weighted by molar-refractivity contribution is 0.474.